The molecule has 2 aliphatic heterocycles. The summed E-state index contributed by atoms with van der Waals surface area (Å²) in [6.45, 7) is 4.00. The summed E-state index contributed by atoms with van der Waals surface area (Å²) in [6, 6.07) is 2.08. The van der Waals surface area contributed by atoms with Crippen LogP contribution in [-0.4, -0.2) is 71.3 Å². The zero-order valence-electron chi connectivity index (χ0n) is 18.0. The highest BCUT2D eigenvalue weighted by Gasteiger charge is 2.27. The van der Waals surface area contributed by atoms with Crippen molar-refractivity contribution in [2.24, 2.45) is 7.05 Å². The standard InChI is InChI=1S/C23H29N5O3/c1-26-15-18(14-25-26)17-12-20-21(13-17)24-6-5-22(20)27-7-9-28(10-8-27)23(29)31-16-19-4-2-3-11-30-19/h5-6,12,14-15,19H,2-4,7-11,13,16H2,1H3. The van der Waals surface area contributed by atoms with Crippen LogP contribution in [0.2, 0.25) is 0 Å². The SMILES string of the molecule is Cn1cc(C2=Cc3c(N4CCN(C(=O)OCC5CCCCO5)CC4)ccnc3C2)cn1. The molecular formula is C23H29N5O3. The number of piperazine rings is 1. The molecule has 1 aliphatic carbocycles. The number of amides is 1. The van der Waals surface area contributed by atoms with Crippen molar-refractivity contribution in [2.75, 3.05) is 44.3 Å². The first-order valence-corrected chi connectivity index (χ1v) is 11.1. The van der Waals surface area contributed by atoms with Crippen molar-refractivity contribution >= 4 is 23.4 Å². The summed E-state index contributed by atoms with van der Waals surface area (Å²) in [7, 11) is 1.93. The van der Waals surface area contributed by atoms with Gasteiger partial charge in [0, 0.05) is 75.5 Å². The lowest BCUT2D eigenvalue weighted by Gasteiger charge is -2.36. The number of fused-ring (bicyclic) bond motifs is 1. The van der Waals surface area contributed by atoms with E-state index in [1.165, 1.54) is 16.8 Å². The molecule has 1 amide bonds. The molecule has 164 valence electrons. The Kier molecular flexibility index (Phi) is 5.63. The molecule has 2 aromatic heterocycles. The summed E-state index contributed by atoms with van der Waals surface area (Å²) in [5.74, 6) is 0. The number of hydrogen-bond acceptors (Lipinski definition) is 6. The molecular weight excluding hydrogens is 394 g/mol. The van der Waals surface area contributed by atoms with Gasteiger partial charge >= 0.3 is 6.09 Å². The normalized spacial score (nSPS) is 21.1. The van der Waals surface area contributed by atoms with E-state index in [1.54, 1.807) is 4.90 Å². The fourth-order valence-electron chi connectivity index (χ4n) is 4.58. The maximum atomic E-state index is 12.5. The average Bonchev–Trinajstić information content (AvgIpc) is 3.44. The lowest BCUT2D eigenvalue weighted by atomic mass is 10.1. The Morgan fingerprint density at radius 3 is 2.87 bits per heavy atom. The van der Waals surface area contributed by atoms with E-state index in [0.717, 1.165) is 56.6 Å². The second kappa shape index (κ2) is 8.70. The number of anilines is 1. The molecule has 2 aromatic rings. The lowest BCUT2D eigenvalue weighted by molar-refractivity contribution is -0.0281. The van der Waals surface area contributed by atoms with Gasteiger partial charge in [0.1, 0.15) is 6.61 Å². The average molecular weight is 424 g/mol. The van der Waals surface area contributed by atoms with Crippen LogP contribution in [0, 0.1) is 0 Å². The smallest absolute Gasteiger partial charge is 0.409 e. The van der Waals surface area contributed by atoms with E-state index in [1.807, 2.05) is 30.3 Å². The number of allylic oxidation sites excluding steroid dienone is 1. The van der Waals surface area contributed by atoms with E-state index < -0.39 is 0 Å². The fraction of sp³-hybridized carbons (Fsp3) is 0.522. The zero-order chi connectivity index (χ0) is 21.2. The van der Waals surface area contributed by atoms with Crippen molar-refractivity contribution < 1.29 is 14.3 Å². The van der Waals surface area contributed by atoms with Gasteiger partial charge in [-0.25, -0.2) is 4.79 Å². The summed E-state index contributed by atoms with van der Waals surface area (Å²) in [5, 5.41) is 4.29. The van der Waals surface area contributed by atoms with Crippen LogP contribution in [0.3, 0.4) is 0 Å². The van der Waals surface area contributed by atoms with Crippen LogP contribution in [0.4, 0.5) is 10.5 Å². The van der Waals surface area contributed by atoms with Crippen molar-refractivity contribution in [1.82, 2.24) is 19.7 Å². The Bertz CT molecular complexity index is 971. The van der Waals surface area contributed by atoms with Crippen molar-refractivity contribution in [3.05, 3.63) is 41.5 Å². The van der Waals surface area contributed by atoms with Gasteiger partial charge < -0.3 is 19.3 Å². The molecule has 0 saturated carbocycles. The van der Waals surface area contributed by atoms with Gasteiger partial charge in [-0.05, 0) is 37.0 Å². The molecule has 3 aliphatic rings. The Labute approximate surface area is 182 Å². The van der Waals surface area contributed by atoms with Crippen LogP contribution >= 0.6 is 0 Å². The summed E-state index contributed by atoms with van der Waals surface area (Å²) in [6.07, 6.45) is 11.9. The first-order chi connectivity index (χ1) is 15.2. The fourth-order valence-corrected chi connectivity index (χ4v) is 4.58. The Hall–Kier alpha value is -2.87. The second-order valence-corrected chi connectivity index (χ2v) is 8.48. The molecule has 0 bridgehead atoms. The maximum Gasteiger partial charge on any atom is 0.409 e. The van der Waals surface area contributed by atoms with Gasteiger partial charge in [0.25, 0.3) is 0 Å². The molecule has 2 fully saturated rings. The predicted octanol–water partition coefficient (Wildman–Crippen LogP) is 2.74. The van der Waals surface area contributed by atoms with E-state index in [-0.39, 0.29) is 12.2 Å². The summed E-state index contributed by atoms with van der Waals surface area (Å²) in [4.78, 5) is 21.2. The third kappa shape index (κ3) is 4.30. The van der Waals surface area contributed by atoms with E-state index in [0.29, 0.717) is 19.7 Å². The predicted molar refractivity (Wildman–Crippen MR) is 118 cm³/mol. The number of aryl methyl sites for hydroxylation is 1. The number of carbonyl (C=O) groups is 1. The van der Waals surface area contributed by atoms with Gasteiger partial charge in [-0.1, -0.05) is 0 Å². The molecule has 31 heavy (non-hydrogen) atoms. The monoisotopic (exact) mass is 423 g/mol. The Balaban J connectivity index is 1.20. The molecule has 0 radical (unpaired) electrons. The molecule has 8 heteroatoms. The Morgan fingerprint density at radius 1 is 1.26 bits per heavy atom. The molecule has 8 nitrogen and oxygen atoms in total. The molecule has 1 unspecified atom stereocenters. The van der Waals surface area contributed by atoms with Gasteiger partial charge in [0.15, 0.2) is 0 Å². The lowest BCUT2D eigenvalue weighted by Crippen LogP contribution is -2.49. The molecule has 5 rings (SSSR count). The summed E-state index contributed by atoms with van der Waals surface area (Å²) < 4.78 is 13.0. The van der Waals surface area contributed by atoms with E-state index in [4.69, 9.17) is 9.47 Å². The molecule has 0 spiro atoms. The third-order valence-electron chi connectivity index (χ3n) is 6.35. The number of aromatic nitrogens is 3. The second-order valence-electron chi connectivity index (χ2n) is 8.48. The number of pyridine rings is 1. The van der Waals surface area contributed by atoms with Gasteiger partial charge in [0.05, 0.1) is 18.0 Å². The quantitative estimate of drug-likeness (QED) is 0.753. The number of ether oxygens (including phenoxy) is 2. The van der Waals surface area contributed by atoms with Crippen LogP contribution in [0.15, 0.2) is 24.7 Å². The largest absolute Gasteiger partial charge is 0.447 e. The van der Waals surface area contributed by atoms with Gasteiger partial charge in [-0.3, -0.25) is 9.67 Å². The number of carbonyl (C=O) groups excluding carboxylic acids is 1. The zero-order valence-corrected chi connectivity index (χ0v) is 18.0. The minimum atomic E-state index is -0.229. The van der Waals surface area contributed by atoms with E-state index in [2.05, 4.69) is 27.1 Å². The first-order valence-electron chi connectivity index (χ1n) is 11.1. The van der Waals surface area contributed by atoms with Crippen LogP contribution < -0.4 is 4.90 Å². The molecule has 2 saturated heterocycles. The van der Waals surface area contributed by atoms with Crippen molar-refractivity contribution in [1.29, 1.82) is 0 Å². The minimum Gasteiger partial charge on any atom is -0.447 e. The van der Waals surface area contributed by atoms with Crippen LogP contribution in [0.5, 0.6) is 0 Å². The van der Waals surface area contributed by atoms with Crippen molar-refractivity contribution in [3.63, 3.8) is 0 Å². The first kappa shape index (κ1) is 20.1. The van der Waals surface area contributed by atoms with E-state index >= 15 is 0 Å². The van der Waals surface area contributed by atoms with Crippen LogP contribution in [-0.2, 0) is 22.9 Å². The summed E-state index contributed by atoms with van der Waals surface area (Å²) in [5.41, 5.74) is 5.86. The van der Waals surface area contributed by atoms with Gasteiger partial charge in [-0.2, -0.15) is 5.10 Å². The minimum absolute atomic E-state index is 0.0548. The number of hydrogen-bond donors (Lipinski definition) is 0. The van der Waals surface area contributed by atoms with Crippen LogP contribution in [0.25, 0.3) is 11.6 Å². The van der Waals surface area contributed by atoms with Crippen molar-refractivity contribution in [2.45, 2.75) is 31.8 Å². The molecule has 4 heterocycles. The topological polar surface area (TPSA) is 72.7 Å². The third-order valence-corrected chi connectivity index (χ3v) is 6.35. The highest BCUT2D eigenvalue weighted by molar-refractivity contribution is 5.91. The van der Waals surface area contributed by atoms with Crippen LogP contribution in [0.1, 0.15) is 36.1 Å². The maximum absolute atomic E-state index is 12.5. The van der Waals surface area contributed by atoms with E-state index in [9.17, 15) is 4.79 Å². The van der Waals surface area contributed by atoms with Crippen molar-refractivity contribution in [3.8, 4) is 0 Å². The van der Waals surface area contributed by atoms with Gasteiger partial charge in [-0.15, -0.1) is 0 Å². The number of rotatable bonds is 4. The number of nitrogens with zero attached hydrogens (tertiary/aromatic N) is 5. The molecule has 0 aromatic carbocycles. The molecule has 1 atom stereocenters. The highest BCUT2D eigenvalue weighted by atomic mass is 16.6. The molecule has 0 N–H and O–H groups in total. The highest BCUT2D eigenvalue weighted by Crippen LogP contribution is 2.36. The Morgan fingerprint density at radius 2 is 2.13 bits per heavy atom. The van der Waals surface area contributed by atoms with Gasteiger partial charge in [0.2, 0.25) is 0 Å². The summed E-state index contributed by atoms with van der Waals surface area (Å²) >= 11 is 0.